The van der Waals surface area contributed by atoms with E-state index < -0.39 is 11.6 Å². The summed E-state index contributed by atoms with van der Waals surface area (Å²) in [5, 5.41) is 10.7. The third kappa shape index (κ3) is 7.80. The van der Waals surface area contributed by atoms with Crippen molar-refractivity contribution in [1.29, 1.82) is 0 Å². The van der Waals surface area contributed by atoms with Gasteiger partial charge in [-0.25, -0.2) is 0 Å². The fourth-order valence-electron chi connectivity index (χ4n) is 3.61. The maximum absolute atomic E-state index is 13.2. The standard InChI is InChI=1S/C27H32N4O3.ClH/c1-27(2,31-25(33)20-10-4-3-5-11-20)26(34)30-23(18-24(32)29-16-8-15-28)22-14-13-19-9-6-7-12-21(19)17-22;/h3-7,9-14,17,23H,8,15-16,18,28H2,1-2H3,(H,29,32)(H,30,34)(H,31,33);1H/t23-;/m1./s1. The molecule has 0 heterocycles. The topological polar surface area (TPSA) is 113 Å². The summed E-state index contributed by atoms with van der Waals surface area (Å²) in [4.78, 5) is 38.5. The zero-order chi connectivity index (χ0) is 24.6. The van der Waals surface area contributed by atoms with Crippen molar-refractivity contribution in [3.63, 3.8) is 0 Å². The molecule has 0 fully saturated rings. The largest absolute Gasteiger partial charge is 0.356 e. The Kier molecular flexibility index (Phi) is 10.2. The maximum Gasteiger partial charge on any atom is 0.252 e. The highest BCUT2D eigenvalue weighted by atomic mass is 35.5. The molecular weight excluding hydrogens is 464 g/mol. The molecule has 0 aliphatic rings. The minimum atomic E-state index is -1.20. The van der Waals surface area contributed by atoms with E-state index in [2.05, 4.69) is 16.0 Å². The predicted octanol–water partition coefficient (Wildman–Crippen LogP) is 3.48. The van der Waals surface area contributed by atoms with Gasteiger partial charge in [0.2, 0.25) is 11.8 Å². The molecule has 1 atom stereocenters. The first kappa shape index (κ1) is 27.8. The number of carbonyl (C=O) groups is 3. The summed E-state index contributed by atoms with van der Waals surface area (Å²) in [5.41, 5.74) is 5.59. The molecule has 0 spiro atoms. The Hall–Kier alpha value is -3.42. The van der Waals surface area contributed by atoms with Crippen molar-refractivity contribution in [2.24, 2.45) is 5.73 Å². The highest BCUT2D eigenvalue weighted by Crippen LogP contribution is 2.23. The summed E-state index contributed by atoms with van der Waals surface area (Å²) >= 11 is 0. The SMILES string of the molecule is CC(C)(NC(=O)c1ccccc1)C(=O)N[C@H](CC(=O)NCCCN)c1ccc2ccccc2c1.Cl. The van der Waals surface area contributed by atoms with Crippen LogP contribution in [0.5, 0.6) is 0 Å². The minimum absolute atomic E-state index is 0. The number of carbonyl (C=O) groups excluding carboxylic acids is 3. The summed E-state index contributed by atoms with van der Waals surface area (Å²) in [6.45, 7) is 4.25. The van der Waals surface area contributed by atoms with Crippen LogP contribution in [0.4, 0.5) is 0 Å². The number of benzene rings is 3. The van der Waals surface area contributed by atoms with Crippen molar-refractivity contribution < 1.29 is 14.4 Å². The molecule has 3 amide bonds. The van der Waals surface area contributed by atoms with Gasteiger partial charge in [0.1, 0.15) is 5.54 Å². The van der Waals surface area contributed by atoms with E-state index in [0.717, 1.165) is 16.3 Å². The zero-order valence-electron chi connectivity index (χ0n) is 20.0. The van der Waals surface area contributed by atoms with Gasteiger partial charge in [-0.3, -0.25) is 14.4 Å². The van der Waals surface area contributed by atoms with E-state index in [4.69, 9.17) is 5.73 Å². The van der Waals surface area contributed by atoms with Gasteiger partial charge >= 0.3 is 0 Å². The van der Waals surface area contributed by atoms with Crippen LogP contribution in [-0.4, -0.2) is 36.3 Å². The van der Waals surface area contributed by atoms with Crippen LogP contribution in [0.2, 0.25) is 0 Å². The van der Waals surface area contributed by atoms with E-state index in [1.54, 1.807) is 38.1 Å². The van der Waals surface area contributed by atoms with Crippen molar-refractivity contribution in [2.75, 3.05) is 13.1 Å². The van der Waals surface area contributed by atoms with Crippen LogP contribution >= 0.6 is 12.4 Å². The van der Waals surface area contributed by atoms with Crippen LogP contribution in [0, 0.1) is 0 Å². The minimum Gasteiger partial charge on any atom is -0.356 e. The predicted molar refractivity (Wildman–Crippen MR) is 141 cm³/mol. The lowest BCUT2D eigenvalue weighted by Gasteiger charge is -2.28. The lowest BCUT2D eigenvalue weighted by molar-refractivity contribution is -0.127. The monoisotopic (exact) mass is 496 g/mol. The molecule has 0 saturated carbocycles. The van der Waals surface area contributed by atoms with Gasteiger partial charge in [0.15, 0.2) is 0 Å². The van der Waals surface area contributed by atoms with E-state index in [0.29, 0.717) is 25.1 Å². The first-order valence-electron chi connectivity index (χ1n) is 11.4. The van der Waals surface area contributed by atoms with Crippen molar-refractivity contribution in [1.82, 2.24) is 16.0 Å². The number of hydrogen-bond acceptors (Lipinski definition) is 4. The van der Waals surface area contributed by atoms with Crippen LogP contribution < -0.4 is 21.7 Å². The van der Waals surface area contributed by atoms with Crippen LogP contribution in [-0.2, 0) is 9.59 Å². The Morgan fingerprint density at radius 2 is 1.57 bits per heavy atom. The molecule has 3 aromatic rings. The first-order chi connectivity index (χ1) is 16.3. The second-order valence-corrected chi connectivity index (χ2v) is 8.77. The molecular formula is C27H33ClN4O3. The van der Waals surface area contributed by atoms with Gasteiger partial charge in [0.05, 0.1) is 12.5 Å². The molecule has 0 unspecified atom stereocenters. The van der Waals surface area contributed by atoms with E-state index in [9.17, 15) is 14.4 Å². The van der Waals surface area contributed by atoms with Crippen molar-refractivity contribution in [3.8, 4) is 0 Å². The van der Waals surface area contributed by atoms with Gasteiger partial charge in [-0.1, -0.05) is 54.6 Å². The van der Waals surface area contributed by atoms with Crippen LogP contribution in [0.25, 0.3) is 10.8 Å². The molecule has 0 bridgehead atoms. The first-order valence-corrected chi connectivity index (χ1v) is 11.4. The van der Waals surface area contributed by atoms with Gasteiger partial charge in [0, 0.05) is 12.1 Å². The van der Waals surface area contributed by atoms with Gasteiger partial charge in [0.25, 0.3) is 5.91 Å². The lowest BCUT2D eigenvalue weighted by atomic mass is 9.97. The lowest BCUT2D eigenvalue weighted by Crippen LogP contribution is -2.55. The van der Waals surface area contributed by atoms with Crippen LogP contribution in [0.1, 0.15) is 48.7 Å². The van der Waals surface area contributed by atoms with Gasteiger partial charge in [-0.2, -0.15) is 0 Å². The number of hydrogen-bond donors (Lipinski definition) is 4. The van der Waals surface area contributed by atoms with E-state index in [1.807, 2.05) is 48.5 Å². The molecule has 0 aliphatic carbocycles. The number of nitrogens with one attached hydrogen (secondary N) is 3. The second kappa shape index (κ2) is 12.9. The Morgan fingerprint density at radius 1 is 0.914 bits per heavy atom. The third-order valence-corrected chi connectivity index (χ3v) is 5.60. The summed E-state index contributed by atoms with van der Waals surface area (Å²) < 4.78 is 0. The van der Waals surface area contributed by atoms with Crippen molar-refractivity contribution >= 4 is 40.9 Å². The molecule has 0 aliphatic heterocycles. The molecule has 0 saturated heterocycles. The van der Waals surface area contributed by atoms with E-state index in [1.165, 1.54) is 0 Å². The Morgan fingerprint density at radius 3 is 2.26 bits per heavy atom. The Labute approximate surface area is 212 Å². The summed E-state index contributed by atoms with van der Waals surface area (Å²) in [5.74, 6) is -0.912. The summed E-state index contributed by atoms with van der Waals surface area (Å²) in [6, 6.07) is 21.9. The fourth-order valence-corrected chi connectivity index (χ4v) is 3.61. The average molecular weight is 497 g/mol. The van der Waals surface area contributed by atoms with Gasteiger partial charge in [-0.15, -0.1) is 12.4 Å². The number of fused-ring (bicyclic) bond motifs is 1. The number of amides is 3. The Bertz CT molecular complexity index is 1150. The molecule has 3 rings (SSSR count). The normalized spacial score (nSPS) is 11.7. The molecule has 7 nitrogen and oxygen atoms in total. The highest BCUT2D eigenvalue weighted by molar-refractivity contribution is 5.99. The molecule has 35 heavy (non-hydrogen) atoms. The fraction of sp³-hybridized carbons (Fsp3) is 0.296. The van der Waals surface area contributed by atoms with Crippen molar-refractivity contribution in [2.45, 2.75) is 38.3 Å². The quantitative estimate of drug-likeness (QED) is 0.322. The maximum atomic E-state index is 13.2. The zero-order valence-corrected chi connectivity index (χ0v) is 20.9. The van der Waals surface area contributed by atoms with Gasteiger partial charge in [-0.05, 0) is 61.3 Å². The van der Waals surface area contributed by atoms with Crippen LogP contribution in [0.15, 0.2) is 72.8 Å². The van der Waals surface area contributed by atoms with E-state index >= 15 is 0 Å². The van der Waals surface area contributed by atoms with Crippen molar-refractivity contribution in [3.05, 3.63) is 83.9 Å². The number of nitrogens with two attached hydrogens (primary N) is 1. The molecule has 3 aromatic carbocycles. The molecule has 5 N–H and O–H groups in total. The molecule has 0 radical (unpaired) electrons. The van der Waals surface area contributed by atoms with Gasteiger partial charge < -0.3 is 21.7 Å². The molecule has 8 heteroatoms. The smallest absolute Gasteiger partial charge is 0.252 e. The van der Waals surface area contributed by atoms with E-state index in [-0.39, 0.29) is 36.5 Å². The average Bonchev–Trinajstić information content (AvgIpc) is 2.83. The second-order valence-electron chi connectivity index (χ2n) is 8.77. The highest BCUT2D eigenvalue weighted by Gasteiger charge is 2.32. The van der Waals surface area contributed by atoms with Crippen LogP contribution in [0.3, 0.4) is 0 Å². The molecule has 0 aromatic heterocycles. The Balaban J connectivity index is 0.00000432. The summed E-state index contributed by atoms with van der Waals surface area (Å²) in [6.07, 6.45) is 0.745. The number of rotatable bonds is 10. The third-order valence-electron chi connectivity index (χ3n) is 5.60. The summed E-state index contributed by atoms with van der Waals surface area (Å²) in [7, 11) is 0. The molecule has 186 valence electrons. The number of halogens is 1.